The second kappa shape index (κ2) is 7.20. The first kappa shape index (κ1) is 19.5. The maximum Gasteiger partial charge on any atom is 0.337 e. The zero-order valence-electron chi connectivity index (χ0n) is 15.5. The molecule has 0 bridgehead atoms. The summed E-state index contributed by atoms with van der Waals surface area (Å²) in [4.78, 5) is 12.8. The molecule has 26 heavy (non-hydrogen) atoms. The molecule has 7 nitrogen and oxygen atoms in total. The molecular weight excluding hydrogens is 334 g/mol. The van der Waals surface area contributed by atoms with E-state index in [0.29, 0.717) is 28.1 Å². The fraction of sp³-hybridized carbons (Fsp3) is 0.368. The fourth-order valence-electron chi connectivity index (χ4n) is 2.90. The Kier molecular flexibility index (Phi) is 5.40. The Labute approximate surface area is 152 Å². The molecule has 1 aliphatic rings. The summed E-state index contributed by atoms with van der Waals surface area (Å²) in [7, 11) is 0. The SMILES string of the molecule is CC1=C(C#N)[C@H](c2cccc(N([O-])O)c2)C(C(=O)OC(C)(C)C)=C(C)N1. The van der Waals surface area contributed by atoms with Gasteiger partial charge in [0.1, 0.15) is 5.60 Å². The standard InChI is InChI=1S/C19H22N3O4/c1-11-15(10-20)17(13-7-6-8-14(9-13)22(24)25)16(12(2)21-11)18(23)26-19(3,4)5/h6-9,17,21,24H,1-5H3/q-1/t17-/m0/s1. The summed E-state index contributed by atoms with van der Waals surface area (Å²) in [6.07, 6.45) is 0. The fourth-order valence-corrected chi connectivity index (χ4v) is 2.90. The first-order valence-corrected chi connectivity index (χ1v) is 8.13. The van der Waals surface area contributed by atoms with Crippen molar-refractivity contribution in [2.45, 2.75) is 46.1 Å². The third kappa shape index (κ3) is 4.04. The van der Waals surface area contributed by atoms with Gasteiger partial charge >= 0.3 is 5.97 Å². The highest BCUT2D eigenvalue weighted by atomic mass is 16.8. The Morgan fingerprint density at radius 2 is 2.00 bits per heavy atom. The number of nitrogens with one attached hydrogen (secondary N) is 1. The van der Waals surface area contributed by atoms with Gasteiger partial charge in [-0.1, -0.05) is 12.1 Å². The average molecular weight is 356 g/mol. The van der Waals surface area contributed by atoms with Crippen molar-refractivity contribution in [2.75, 3.05) is 5.23 Å². The van der Waals surface area contributed by atoms with Gasteiger partial charge < -0.3 is 20.5 Å². The number of esters is 1. The van der Waals surface area contributed by atoms with E-state index in [2.05, 4.69) is 11.4 Å². The minimum atomic E-state index is -0.698. The summed E-state index contributed by atoms with van der Waals surface area (Å²) < 4.78 is 5.51. The summed E-state index contributed by atoms with van der Waals surface area (Å²) in [5.41, 5.74) is 1.70. The maximum atomic E-state index is 12.8. The summed E-state index contributed by atoms with van der Waals surface area (Å²) in [6.45, 7) is 8.77. The van der Waals surface area contributed by atoms with E-state index in [1.807, 2.05) is 0 Å². The van der Waals surface area contributed by atoms with Crippen molar-refractivity contribution in [1.82, 2.24) is 5.32 Å². The lowest BCUT2D eigenvalue weighted by Gasteiger charge is -2.31. The number of rotatable bonds is 3. The summed E-state index contributed by atoms with van der Waals surface area (Å²) in [5.74, 6) is -1.24. The van der Waals surface area contributed by atoms with Gasteiger partial charge in [-0.25, -0.2) is 4.79 Å². The number of hydrogen-bond donors (Lipinski definition) is 2. The van der Waals surface area contributed by atoms with Crippen LogP contribution in [0.25, 0.3) is 0 Å². The summed E-state index contributed by atoms with van der Waals surface area (Å²) >= 11 is 0. The normalized spacial score (nSPS) is 17.5. The second-order valence-electron chi connectivity index (χ2n) is 7.12. The van der Waals surface area contributed by atoms with Crippen LogP contribution in [0.1, 0.15) is 46.1 Å². The largest absolute Gasteiger partial charge is 0.733 e. The Hall–Kier alpha value is -2.82. The van der Waals surface area contributed by atoms with Crippen LogP contribution in [0.3, 0.4) is 0 Å². The summed E-state index contributed by atoms with van der Waals surface area (Å²) in [5, 5.41) is 32.9. The number of carbonyl (C=O) groups is 1. The lowest BCUT2D eigenvalue weighted by Crippen LogP contribution is -2.32. The lowest BCUT2D eigenvalue weighted by atomic mass is 9.81. The highest BCUT2D eigenvalue weighted by Gasteiger charge is 2.35. The molecule has 0 aromatic heterocycles. The number of nitriles is 1. The molecule has 0 radical (unpaired) electrons. The van der Waals surface area contributed by atoms with Crippen LogP contribution in [0.4, 0.5) is 5.69 Å². The number of dihydropyridines is 1. The molecule has 2 rings (SSSR count). The van der Waals surface area contributed by atoms with Crippen molar-refractivity contribution in [3.8, 4) is 6.07 Å². The van der Waals surface area contributed by atoms with E-state index in [0.717, 1.165) is 0 Å². The number of benzene rings is 1. The molecule has 0 spiro atoms. The molecule has 2 N–H and O–H groups in total. The van der Waals surface area contributed by atoms with Crippen LogP contribution in [-0.4, -0.2) is 16.8 Å². The number of allylic oxidation sites excluding steroid dienone is 3. The van der Waals surface area contributed by atoms with Gasteiger partial charge in [-0.2, -0.15) is 5.26 Å². The topological polar surface area (TPSA) is 109 Å². The van der Waals surface area contributed by atoms with Gasteiger partial charge in [-0.05, 0) is 52.3 Å². The van der Waals surface area contributed by atoms with Crippen LogP contribution >= 0.6 is 0 Å². The molecular formula is C19H22N3O4-. The number of anilines is 1. The highest BCUT2D eigenvalue weighted by molar-refractivity contribution is 5.93. The van der Waals surface area contributed by atoms with Gasteiger partial charge in [0, 0.05) is 11.4 Å². The number of nitrogens with zero attached hydrogens (tertiary/aromatic N) is 2. The molecule has 0 unspecified atom stereocenters. The van der Waals surface area contributed by atoms with Crippen LogP contribution in [0.15, 0.2) is 46.8 Å². The van der Waals surface area contributed by atoms with Gasteiger partial charge in [-0.3, -0.25) is 5.21 Å². The minimum Gasteiger partial charge on any atom is -0.733 e. The van der Waals surface area contributed by atoms with E-state index in [1.54, 1.807) is 46.8 Å². The second-order valence-corrected chi connectivity index (χ2v) is 7.12. The molecule has 0 saturated heterocycles. The van der Waals surface area contributed by atoms with Gasteiger partial charge in [-0.15, -0.1) is 0 Å². The quantitative estimate of drug-likeness (QED) is 0.630. The van der Waals surface area contributed by atoms with Crippen molar-refractivity contribution < 1.29 is 14.7 Å². The van der Waals surface area contributed by atoms with Crippen molar-refractivity contribution in [3.05, 3.63) is 57.6 Å². The molecule has 1 heterocycles. The Bertz CT molecular complexity index is 826. The van der Waals surface area contributed by atoms with Crippen LogP contribution in [-0.2, 0) is 9.53 Å². The van der Waals surface area contributed by atoms with Crippen LogP contribution in [0, 0.1) is 16.5 Å². The van der Waals surface area contributed by atoms with Crippen molar-refractivity contribution in [1.29, 1.82) is 5.26 Å². The van der Waals surface area contributed by atoms with Crippen LogP contribution in [0.5, 0.6) is 0 Å². The lowest BCUT2D eigenvalue weighted by molar-refractivity contribution is -0.150. The average Bonchev–Trinajstić information content (AvgIpc) is 2.52. The number of carbonyl (C=O) groups excluding carboxylic acids is 1. The van der Waals surface area contributed by atoms with E-state index in [1.165, 1.54) is 12.1 Å². The van der Waals surface area contributed by atoms with Gasteiger partial charge in [0.05, 0.1) is 28.8 Å². The zero-order chi connectivity index (χ0) is 19.6. The molecule has 0 fully saturated rings. The van der Waals surface area contributed by atoms with Crippen molar-refractivity contribution >= 4 is 11.7 Å². The molecule has 1 atom stereocenters. The molecule has 7 heteroatoms. The third-order valence-corrected chi connectivity index (χ3v) is 3.92. The van der Waals surface area contributed by atoms with E-state index < -0.39 is 17.5 Å². The smallest absolute Gasteiger partial charge is 0.337 e. The molecule has 0 aliphatic carbocycles. The summed E-state index contributed by atoms with van der Waals surface area (Å²) in [6, 6.07) is 8.31. The van der Waals surface area contributed by atoms with E-state index in [9.17, 15) is 20.5 Å². The Morgan fingerprint density at radius 3 is 2.54 bits per heavy atom. The molecule has 0 saturated carbocycles. The molecule has 1 aliphatic heterocycles. The monoisotopic (exact) mass is 356 g/mol. The first-order chi connectivity index (χ1) is 12.0. The van der Waals surface area contributed by atoms with Crippen molar-refractivity contribution in [2.24, 2.45) is 0 Å². The number of ether oxygens (including phenoxy) is 1. The van der Waals surface area contributed by atoms with Crippen molar-refractivity contribution in [3.63, 3.8) is 0 Å². The van der Waals surface area contributed by atoms with Gasteiger partial charge in [0.25, 0.3) is 0 Å². The van der Waals surface area contributed by atoms with Crippen LogP contribution < -0.4 is 10.5 Å². The predicted molar refractivity (Wildman–Crippen MR) is 96.8 cm³/mol. The molecule has 1 aromatic carbocycles. The van der Waals surface area contributed by atoms with Gasteiger partial charge in [0.2, 0.25) is 0 Å². The minimum absolute atomic E-state index is 0.0113. The predicted octanol–water partition coefficient (Wildman–Crippen LogP) is 3.48. The van der Waals surface area contributed by atoms with E-state index in [4.69, 9.17) is 4.74 Å². The number of hydrogen-bond acceptors (Lipinski definition) is 7. The Balaban J connectivity index is 2.61. The Morgan fingerprint density at radius 1 is 1.35 bits per heavy atom. The molecule has 1 aromatic rings. The third-order valence-electron chi connectivity index (χ3n) is 3.92. The van der Waals surface area contributed by atoms with Gasteiger partial charge in [0.15, 0.2) is 0 Å². The molecule has 138 valence electrons. The maximum absolute atomic E-state index is 12.8. The van der Waals surface area contributed by atoms with E-state index >= 15 is 0 Å². The molecule has 0 amide bonds. The zero-order valence-corrected chi connectivity index (χ0v) is 15.5. The first-order valence-electron chi connectivity index (χ1n) is 8.13. The van der Waals surface area contributed by atoms with E-state index in [-0.39, 0.29) is 10.9 Å². The highest BCUT2D eigenvalue weighted by Crippen LogP contribution is 2.39. The van der Waals surface area contributed by atoms with Crippen LogP contribution in [0.2, 0.25) is 0 Å².